The molecule has 1 aromatic carbocycles. The van der Waals surface area contributed by atoms with Gasteiger partial charge in [-0.25, -0.2) is 4.99 Å². The maximum absolute atomic E-state index is 11.7. The first-order chi connectivity index (χ1) is 12.7. The zero-order valence-corrected chi connectivity index (χ0v) is 18.5. The molecule has 0 saturated carbocycles. The van der Waals surface area contributed by atoms with Gasteiger partial charge >= 0.3 is 0 Å². The fourth-order valence-electron chi connectivity index (χ4n) is 2.64. The summed E-state index contributed by atoms with van der Waals surface area (Å²) in [6.07, 6.45) is 2.16. The van der Waals surface area contributed by atoms with Crippen molar-refractivity contribution in [2.75, 3.05) is 40.0 Å². The summed E-state index contributed by atoms with van der Waals surface area (Å²) >= 11 is 0. The molecule has 1 aliphatic rings. The Morgan fingerprint density at radius 3 is 2.93 bits per heavy atom. The van der Waals surface area contributed by atoms with Crippen LogP contribution in [0.1, 0.15) is 35.7 Å². The molecule has 1 aliphatic heterocycles. The van der Waals surface area contributed by atoms with Crippen LogP contribution in [0.5, 0.6) is 0 Å². The van der Waals surface area contributed by atoms with Crippen LogP contribution in [0.2, 0.25) is 0 Å². The van der Waals surface area contributed by atoms with Gasteiger partial charge in [0.25, 0.3) is 5.91 Å². The van der Waals surface area contributed by atoms with Crippen molar-refractivity contribution in [1.82, 2.24) is 16.0 Å². The highest BCUT2D eigenvalue weighted by Crippen LogP contribution is 2.08. The van der Waals surface area contributed by atoms with E-state index in [1.807, 2.05) is 25.1 Å². The molecule has 3 N–H and O–H groups in total. The van der Waals surface area contributed by atoms with Crippen molar-refractivity contribution >= 4 is 35.8 Å². The molecule has 1 atom stereocenters. The first kappa shape index (κ1) is 23.6. The monoisotopic (exact) mass is 490 g/mol. The lowest BCUT2D eigenvalue weighted by Gasteiger charge is -2.13. The Bertz CT molecular complexity index is 592. The van der Waals surface area contributed by atoms with Crippen molar-refractivity contribution in [3.8, 4) is 0 Å². The van der Waals surface area contributed by atoms with Crippen molar-refractivity contribution in [2.45, 2.75) is 32.4 Å². The number of hydrogen-bond donors (Lipinski definition) is 3. The van der Waals surface area contributed by atoms with E-state index < -0.39 is 0 Å². The number of carbonyl (C=O) groups excluding carboxylic acids is 1. The number of halogens is 1. The van der Waals surface area contributed by atoms with Crippen LogP contribution in [0.3, 0.4) is 0 Å². The zero-order valence-electron chi connectivity index (χ0n) is 16.1. The van der Waals surface area contributed by atoms with E-state index in [0.717, 1.165) is 44.1 Å². The third kappa shape index (κ3) is 8.89. The molecule has 1 aromatic rings. The Hall–Kier alpha value is -1.39. The molecule has 1 fully saturated rings. The SMILES string of the molecule is CCNC(=NCc1cccc(C(=O)NC)c1)NCCCOC1CCOC1.I. The molecule has 0 aromatic heterocycles. The predicted molar refractivity (Wildman–Crippen MR) is 118 cm³/mol. The van der Waals surface area contributed by atoms with E-state index in [1.54, 1.807) is 13.1 Å². The number of rotatable bonds is 9. The average molecular weight is 490 g/mol. The van der Waals surface area contributed by atoms with Gasteiger partial charge in [-0.3, -0.25) is 4.79 Å². The van der Waals surface area contributed by atoms with Gasteiger partial charge in [0.05, 0.1) is 19.3 Å². The lowest BCUT2D eigenvalue weighted by molar-refractivity contribution is 0.0420. The first-order valence-corrected chi connectivity index (χ1v) is 9.25. The summed E-state index contributed by atoms with van der Waals surface area (Å²) < 4.78 is 11.1. The van der Waals surface area contributed by atoms with Gasteiger partial charge in [-0.2, -0.15) is 0 Å². The summed E-state index contributed by atoms with van der Waals surface area (Å²) in [6, 6.07) is 7.51. The summed E-state index contributed by atoms with van der Waals surface area (Å²) in [5.41, 5.74) is 1.64. The molecule has 0 spiro atoms. The average Bonchev–Trinajstić information content (AvgIpc) is 3.18. The van der Waals surface area contributed by atoms with Crippen LogP contribution >= 0.6 is 24.0 Å². The van der Waals surface area contributed by atoms with Crippen molar-refractivity contribution in [2.24, 2.45) is 4.99 Å². The molecule has 0 aliphatic carbocycles. The Morgan fingerprint density at radius 2 is 2.22 bits per heavy atom. The van der Waals surface area contributed by atoms with E-state index in [-0.39, 0.29) is 36.0 Å². The van der Waals surface area contributed by atoms with Crippen LogP contribution in [0, 0.1) is 0 Å². The van der Waals surface area contributed by atoms with Crippen molar-refractivity contribution in [1.29, 1.82) is 0 Å². The molecule has 0 bridgehead atoms. The van der Waals surface area contributed by atoms with Crippen LogP contribution in [0.15, 0.2) is 29.3 Å². The number of amides is 1. The number of ether oxygens (including phenoxy) is 2. The quantitative estimate of drug-likeness (QED) is 0.213. The van der Waals surface area contributed by atoms with Crippen molar-refractivity contribution in [3.05, 3.63) is 35.4 Å². The summed E-state index contributed by atoms with van der Waals surface area (Å²) in [6.45, 7) is 6.36. The number of benzene rings is 1. The normalized spacial score (nSPS) is 16.5. The van der Waals surface area contributed by atoms with E-state index in [4.69, 9.17) is 9.47 Å². The minimum Gasteiger partial charge on any atom is -0.379 e. The topological polar surface area (TPSA) is 84.0 Å². The number of nitrogens with one attached hydrogen (secondary N) is 3. The molecular formula is C19H31IN4O3. The summed E-state index contributed by atoms with van der Waals surface area (Å²) in [4.78, 5) is 16.3. The molecule has 152 valence electrons. The second kappa shape index (κ2) is 13.7. The zero-order chi connectivity index (χ0) is 18.6. The first-order valence-electron chi connectivity index (χ1n) is 9.25. The van der Waals surface area contributed by atoms with E-state index in [0.29, 0.717) is 25.3 Å². The highest BCUT2D eigenvalue weighted by molar-refractivity contribution is 14.0. The van der Waals surface area contributed by atoms with Gasteiger partial charge in [0.15, 0.2) is 5.96 Å². The van der Waals surface area contributed by atoms with Gasteiger partial charge in [0.2, 0.25) is 0 Å². The Morgan fingerprint density at radius 1 is 1.37 bits per heavy atom. The van der Waals surface area contributed by atoms with Crippen LogP contribution in [0.25, 0.3) is 0 Å². The molecule has 1 saturated heterocycles. The van der Waals surface area contributed by atoms with Gasteiger partial charge < -0.3 is 25.4 Å². The third-order valence-electron chi connectivity index (χ3n) is 4.04. The predicted octanol–water partition coefficient (Wildman–Crippen LogP) is 1.91. The van der Waals surface area contributed by atoms with Crippen molar-refractivity contribution < 1.29 is 14.3 Å². The largest absolute Gasteiger partial charge is 0.379 e. The molecule has 2 rings (SSSR count). The molecule has 1 unspecified atom stereocenters. The second-order valence-corrected chi connectivity index (χ2v) is 6.11. The Labute approximate surface area is 178 Å². The van der Waals surface area contributed by atoms with Gasteiger partial charge in [0.1, 0.15) is 0 Å². The van der Waals surface area contributed by atoms with E-state index in [2.05, 4.69) is 20.9 Å². The number of carbonyl (C=O) groups is 1. The van der Waals surface area contributed by atoms with E-state index in [1.165, 1.54) is 0 Å². The van der Waals surface area contributed by atoms with Gasteiger partial charge in [-0.05, 0) is 37.5 Å². The Kier molecular flexibility index (Phi) is 12.0. The number of nitrogens with zero attached hydrogens (tertiary/aromatic N) is 1. The van der Waals surface area contributed by atoms with Crippen LogP contribution in [0.4, 0.5) is 0 Å². The molecule has 1 amide bonds. The highest BCUT2D eigenvalue weighted by atomic mass is 127. The number of aliphatic imine (C=N–C) groups is 1. The van der Waals surface area contributed by atoms with Gasteiger partial charge in [0, 0.05) is 38.9 Å². The standard InChI is InChI=1S/C19H30N4O3.HI/c1-3-21-19(22-9-5-10-26-17-8-11-25-14-17)23-13-15-6-4-7-16(12-15)18(24)20-2;/h4,6-7,12,17H,3,5,8-11,13-14H2,1-2H3,(H,20,24)(H2,21,22,23);1H. The molecule has 8 heteroatoms. The van der Waals surface area contributed by atoms with Crippen LogP contribution in [-0.4, -0.2) is 57.9 Å². The third-order valence-corrected chi connectivity index (χ3v) is 4.04. The van der Waals surface area contributed by atoms with Crippen LogP contribution in [-0.2, 0) is 16.0 Å². The number of guanidine groups is 1. The maximum Gasteiger partial charge on any atom is 0.251 e. The minimum absolute atomic E-state index is 0. The molecule has 0 radical (unpaired) electrons. The van der Waals surface area contributed by atoms with Crippen LogP contribution < -0.4 is 16.0 Å². The minimum atomic E-state index is -0.0893. The number of hydrogen-bond acceptors (Lipinski definition) is 4. The smallest absolute Gasteiger partial charge is 0.251 e. The van der Waals surface area contributed by atoms with Gasteiger partial charge in [-0.15, -0.1) is 24.0 Å². The summed E-state index contributed by atoms with van der Waals surface area (Å²) in [7, 11) is 1.63. The maximum atomic E-state index is 11.7. The molecule has 7 nitrogen and oxygen atoms in total. The fraction of sp³-hybridized carbons (Fsp3) is 0.579. The van der Waals surface area contributed by atoms with Crippen molar-refractivity contribution in [3.63, 3.8) is 0 Å². The fourth-order valence-corrected chi connectivity index (χ4v) is 2.64. The lowest BCUT2D eigenvalue weighted by atomic mass is 10.1. The molecule has 1 heterocycles. The van der Waals surface area contributed by atoms with E-state index >= 15 is 0 Å². The summed E-state index contributed by atoms with van der Waals surface area (Å²) in [5.74, 6) is 0.676. The Balaban J connectivity index is 0.00000364. The summed E-state index contributed by atoms with van der Waals surface area (Å²) in [5, 5.41) is 9.18. The highest BCUT2D eigenvalue weighted by Gasteiger charge is 2.15. The molecular weight excluding hydrogens is 459 g/mol. The molecule has 27 heavy (non-hydrogen) atoms. The lowest BCUT2D eigenvalue weighted by Crippen LogP contribution is -2.38. The van der Waals surface area contributed by atoms with E-state index in [9.17, 15) is 4.79 Å². The van der Waals surface area contributed by atoms with Gasteiger partial charge in [-0.1, -0.05) is 12.1 Å². The second-order valence-electron chi connectivity index (χ2n) is 6.11.